The van der Waals surface area contributed by atoms with Crippen molar-refractivity contribution in [3.63, 3.8) is 0 Å². The highest BCUT2D eigenvalue weighted by Gasteiger charge is 2.28. The van der Waals surface area contributed by atoms with Gasteiger partial charge in [-0.2, -0.15) is 14.8 Å². The van der Waals surface area contributed by atoms with Gasteiger partial charge in [-0.3, -0.25) is 10.1 Å². The third-order valence-electron chi connectivity index (χ3n) is 4.22. The van der Waals surface area contributed by atoms with Gasteiger partial charge in [-0.25, -0.2) is 9.97 Å². The van der Waals surface area contributed by atoms with Crippen LogP contribution in [0.2, 0.25) is 0 Å². The summed E-state index contributed by atoms with van der Waals surface area (Å²) in [5.74, 6) is 0.257. The number of aromatic nitrogens is 5. The van der Waals surface area contributed by atoms with E-state index in [1.165, 1.54) is 16.8 Å². The molecule has 0 saturated heterocycles. The maximum atomic E-state index is 11.0. The average Bonchev–Trinajstić information content (AvgIpc) is 3.08. The van der Waals surface area contributed by atoms with Crippen LogP contribution in [0.25, 0.3) is 16.8 Å². The predicted molar refractivity (Wildman–Crippen MR) is 106 cm³/mol. The van der Waals surface area contributed by atoms with Crippen molar-refractivity contribution >= 4 is 22.8 Å². The van der Waals surface area contributed by atoms with Crippen molar-refractivity contribution < 1.29 is 10.0 Å². The minimum absolute atomic E-state index is 0.0378. The van der Waals surface area contributed by atoms with Crippen molar-refractivity contribution in [3.05, 3.63) is 70.7 Å². The Morgan fingerprint density at radius 1 is 1.17 bits per heavy atom. The maximum absolute atomic E-state index is 11.0. The highest BCUT2D eigenvalue weighted by atomic mass is 16.6. The topological polar surface area (TPSA) is 131 Å². The fourth-order valence-corrected chi connectivity index (χ4v) is 2.96. The van der Waals surface area contributed by atoms with Gasteiger partial charge in [0.15, 0.2) is 0 Å². The zero-order valence-electron chi connectivity index (χ0n) is 15.6. The van der Waals surface area contributed by atoms with Crippen LogP contribution in [0.3, 0.4) is 0 Å². The first-order chi connectivity index (χ1) is 13.8. The number of benzene rings is 1. The third-order valence-corrected chi connectivity index (χ3v) is 4.22. The van der Waals surface area contributed by atoms with Crippen molar-refractivity contribution in [1.82, 2.24) is 24.8 Å². The normalized spacial score (nSPS) is 11.6. The van der Waals surface area contributed by atoms with E-state index in [-0.39, 0.29) is 11.6 Å². The van der Waals surface area contributed by atoms with Crippen LogP contribution in [0.4, 0.5) is 17.3 Å². The molecule has 0 atom stereocenters. The van der Waals surface area contributed by atoms with E-state index in [4.69, 9.17) is 0 Å². The standard InChI is InChI=1S/C19H17N7O3/c1-19(2,27)17-16(15-7-4-9-21-25(15)24-17)14-8-10-20-18(23-14)22-12-5-3-6-13(11-12)26(28)29/h3-11,27H,1-2H3,(H,20,22,23). The zero-order valence-corrected chi connectivity index (χ0v) is 15.6. The summed E-state index contributed by atoms with van der Waals surface area (Å²) in [7, 11) is 0. The number of aliphatic hydroxyl groups is 1. The highest BCUT2D eigenvalue weighted by molar-refractivity contribution is 5.81. The molecule has 2 N–H and O–H groups in total. The number of nitrogens with zero attached hydrogens (tertiary/aromatic N) is 6. The molecule has 10 heteroatoms. The van der Waals surface area contributed by atoms with E-state index in [0.717, 1.165) is 0 Å². The largest absolute Gasteiger partial charge is 0.384 e. The molecule has 3 heterocycles. The Bertz CT molecular complexity index is 1210. The van der Waals surface area contributed by atoms with Crippen LogP contribution in [-0.2, 0) is 5.60 Å². The van der Waals surface area contributed by atoms with E-state index in [0.29, 0.717) is 28.2 Å². The Kier molecular flexibility index (Phi) is 4.40. The van der Waals surface area contributed by atoms with Crippen LogP contribution in [0, 0.1) is 10.1 Å². The number of hydrogen-bond donors (Lipinski definition) is 2. The number of anilines is 2. The molecular weight excluding hydrogens is 374 g/mol. The van der Waals surface area contributed by atoms with E-state index in [2.05, 4.69) is 25.5 Å². The molecule has 0 aliphatic carbocycles. The van der Waals surface area contributed by atoms with Gasteiger partial charge < -0.3 is 10.4 Å². The lowest BCUT2D eigenvalue weighted by molar-refractivity contribution is -0.384. The summed E-state index contributed by atoms with van der Waals surface area (Å²) >= 11 is 0. The molecular formula is C19H17N7O3. The lowest BCUT2D eigenvalue weighted by Crippen LogP contribution is -2.17. The molecule has 1 aromatic carbocycles. The van der Waals surface area contributed by atoms with Gasteiger partial charge >= 0.3 is 0 Å². The Balaban J connectivity index is 1.79. The second kappa shape index (κ2) is 6.91. The Labute approximate surface area is 165 Å². The molecule has 4 rings (SSSR count). The first-order valence-electron chi connectivity index (χ1n) is 8.75. The number of fused-ring (bicyclic) bond motifs is 1. The molecule has 146 valence electrons. The molecule has 0 unspecified atom stereocenters. The van der Waals surface area contributed by atoms with Gasteiger partial charge in [0, 0.05) is 30.2 Å². The van der Waals surface area contributed by atoms with Gasteiger partial charge in [0.05, 0.1) is 21.7 Å². The van der Waals surface area contributed by atoms with Crippen molar-refractivity contribution in [3.8, 4) is 11.3 Å². The summed E-state index contributed by atoms with van der Waals surface area (Å²) in [6.45, 7) is 3.28. The predicted octanol–water partition coefficient (Wildman–Crippen LogP) is 3.07. The summed E-state index contributed by atoms with van der Waals surface area (Å²) < 4.78 is 1.44. The van der Waals surface area contributed by atoms with Gasteiger partial charge in [0.2, 0.25) is 5.95 Å². The first-order valence-corrected chi connectivity index (χ1v) is 8.75. The summed E-state index contributed by atoms with van der Waals surface area (Å²) in [5.41, 5.74) is 1.51. The summed E-state index contributed by atoms with van der Waals surface area (Å²) in [4.78, 5) is 19.2. The van der Waals surface area contributed by atoms with Gasteiger partial charge in [-0.05, 0) is 38.1 Å². The van der Waals surface area contributed by atoms with Crippen LogP contribution in [-0.4, -0.2) is 34.8 Å². The van der Waals surface area contributed by atoms with Crippen molar-refractivity contribution in [2.45, 2.75) is 19.4 Å². The van der Waals surface area contributed by atoms with Crippen LogP contribution < -0.4 is 5.32 Å². The number of nitrogens with one attached hydrogen (secondary N) is 1. The van der Waals surface area contributed by atoms with Crippen LogP contribution >= 0.6 is 0 Å². The fourth-order valence-electron chi connectivity index (χ4n) is 2.96. The number of hydrogen-bond acceptors (Lipinski definition) is 8. The van der Waals surface area contributed by atoms with E-state index in [1.54, 1.807) is 50.5 Å². The third kappa shape index (κ3) is 3.60. The quantitative estimate of drug-likeness (QED) is 0.392. The van der Waals surface area contributed by atoms with Gasteiger partial charge in [0.25, 0.3) is 5.69 Å². The van der Waals surface area contributed by atoms with Gasteiger partial charge in [-0.1, -0.05) is 6.07 Å². The second-order valence-electron chi connectivity index (χ2n) is 6.88. The molecule has 4 aromatic rings. The molecule has 0 aliphatic heterocycles. The fraction of sp³-hybridized carbons (Fsp3) is 0.158. The second-order valence-corrected chi connectivity index (χ2v) is 6.88. The summed E-state index contributed by atoms with van der Waals surface area (Å²) in [5, 5.41) is 33.1. The number of rotatable bonds is 5. The minimum Gasteiger partial charge on any atom is -0.384 e. The molecule has 0 saturated carbocycles. The van der Waals surface area contributed by atoms with E-state index < -0.39 is 10.5 Å². The first kappa shape index (κ1) is 18.4. The molecule has 3 aromatic heterocycles. The monoisotopic (exact) mass is 391 g/mol. The lowest BCUT2D eigenvalue weighted by Gasteiger charge is -2.16. The Morgan fingerprint density at radius 3 is 2.76 bits per heavy atom. The van der Waals surface area contributed by atoms with E-state index in [9.17, 15) is 15.2 Å². The minimum atomic E-state index is -1.22. The molecule has 0 aliphatic rings. The zero-order chi connectivity index (χ0) is 20.6. The van der Waals surface area contributed by atoms with Crippen molar-refractivity contribution in [2.24, 2.45) is 0 Å². The highest BCUT2D eigenvalue weighted by Crippen LogP contribution is 2.33. The average molecular weight is 391 g/mol. The van der Waals surface area contributed by atoms with Crippen LogP contribution in [0.1, 0.15) is 19.5 Å². The molecule has 0 amide bonds. The SMILES string of the molecule is CC(C)(O)c1nn2ncccc2c1-c1ccnc(Nc2cccc([N+](=O)[O-])c2)n1. The Hall–Kier alpha value is -3.92. The number of nitro benzene ring substituents is 1. The van der Waals surface area contributed by atoms with E-state index >= 15 is 0 Å². The van der Waals surface area contributed by atoms with Crippen LogP contribution in [0.5, 0.6) is 0 Å². The smallest absolute Gasteiger partial charge is 0.271 e. The molecule has 0 radical (unpaired) electrons. The van der Waals surface area contributed by atoms with Gasteiger partial charge in [0.1, 0.15) is 11.3 Å². The summed E-state index contributed by atoms with van der Waals surface area (Å²) in [6, 6.07) is 11.4. The maximum Gasteiger partial charge on any atom is 0.271 e. The molecule has 10 nitrogen and oxygen atoms in total. The number of non-ortho nitro benzene ring substituents is 1. The van der Waals surface area contributed by atoms with E-state index in [1.807, 2.05) is 6.07 Å². The molecule has 29 heavy (non-hydrogen) atoms. The van der Waals surface area contributed by atoms with Crippen molar-refractivity contribution in [1.29, 1.82) is 0 Å². The van der Waals surface area contributed by atoms with Crippen LogP contribution in [0.15, 0.2) is 54.9 Å². The molecule has 0 spiro atoms. The number of nitro groups is 1. The Morgan fingerprint density at radius 2 is 2.00 bits per heavy atom. The van der Waals surface area contributed by atoms with Gasteiger partial charge in [-0.15, -0.1) is 0 Å². The lowest BCUT2D eigenvalue weighted by atomic mass is 9.98. The molecule has 0 bridgehead atoms. The summed E-state index contributed by atoms with van der Waals surface area (Å²) in [6.07, 6.45) is 3.17. The molecule has 0 fully saturated rings. The van der Waals surface area contributed by atoms with Crippen molar-refractivity contribution in [2.75, 3.05) is 5.32 Å².